The van der Waals surface area contributed by atoms with Gasteiger partial charge in [-0.25, -0.2) is 14.2 Å². The fourth-order valence-electron chi connectivity index (χ4n) is 4.10. The Hall–Kier alpha value is -3.74. The predicted molar refractivity (Wildman–Crippen MR) is 112 cm³/mol. The zero-order valence-electron chi connectivity index (χ0n) is 16.9. The third kappa shape index (κ3) is 3.86. The number of ether oxygens (including phenoxy) is 1. The summed E-state index contributed by atoms with van der Waals surface area (Å²) in [5, 5.41) is 9.66. The van der Waals surface area contributed by atoms with Crippen molar-refractivity contribution in [1.82, 2.24) is 9.88 Å². The first kappa shape index (κ1) is 20.5. The molecular formula is C24H21FN2O4. The highest BCUT2D eigenvalue weighted by molar-refractivity contribution is 5.97. The molecule has 1 aliphatic heterocycles. The van der Waals surface area contributed by atoms with Gasteiger partial charge in [-0.3, -0.25) is 4.79 Å². The summed E-state index contributed by atoms with van der Waals surface area (Å²) in [5.41, 5.74) is 2.25. The molecule has 0 saturated carbocycles. The zero-order valence-corrected chi connectivity index (χ0v) is 16.9. The number of hydrogen-bond acceptors (Lipinski definition) is 4. The Labute approximate surface area is 178 Å². The normalized spacial score (nSPS) is 18.1. The van der Waals surface area contributed by atoms with Crippen LogP contribution in [0.25, 0.3) is 11.1 Å². The second kappa shape index (κ2) is 8.55. The lowest BCUT2D eigenvalue weighted by Crippen LogP contribution is -2.42. The number of pyridine rings is 1. The quantitative estimate of drug-likeness (QED) is 0.665. The van der Waals surface area contributed by atoms with E-state index in [1.165, 1.54) is 18.1 Å². The molecule has 1 fully saturated rings. The number of amides is 1. The van der Waals surface area contributed by atoms with E-state index in [0.717, 1.165) is 11.1 Å². The van der Waals surface area contributed by atoms with Crippen LogP contribution in [0.5, 0.6) is 5.88 Å². The number of benzene rings is 2. The number of carboxylic acids is 1. The highest BCUT2D eigenvalue weighted by Gasteiger charge is 2.42. The summed E-state index contributed by atoms with van der Waals surface area (Å²) < 4.78 is 19.7. The minimum Gasteiger partial charge on any atom is -0.481 e. The fourth-order valence-corrected chi connectivity index (χ4v) is 4.10. The SMILES string of the molecule is COc1ncccc1-c1ccc(C(=O)N2C(c3ccccc3F)CC[C@H]2C(=O)O)cc1. The molecule has 1 aromatic heterocycles. The van der Waals surface area contributed by atoms with E-state index in [9.17, 15) is 19.1 Å². The standard InChI is InChI=1S/C24H21FN2O4/c1-31-22-17(6-4-14-26-22)15-8-10-16(11-9-15)23(28)27-20(12-13-21(27)24(29)30)18-5-2-3-7-19(18)25/h2-11,14,20-21H,12-13H2,1H3,(H,29,30)/t20?,21-/m0/s1. The Bertz CT molecular complexity index is 1120. The van der Waals surface area contributed by atoms with Crippen molar-refractivity contribution in [2.24, 2.45) is 0 Å². The van der Waals surface area contributed by atoms with Crippen LogP contribution >= 0.6 is 0 Å². The lowest BCUT2D eigenvalue weighted by molar-refractivity contribution is -0.141. The number of carbonyl (C=O) groups excluding carboxylic acids is 1. The molecular weight excluding hydrogens is 399 g/mol. The van der Waals surface area contributed by atoms with Gasteiger partial charge >= 0.3 is 5.97 Å². The van der Waals surface area contributed by atoms with Crippen molar-refractivity contribution in [3.8, 4) is 17.0 Å². The van der Waals surface area contributed by atoms with Gasteiger partial charge in [0.2, 0.25) is 5.88 Å². The van der Waals surface area contributed by atoms with Crippen LogP contribution in [0, 0.1) is 5.82 Å². The second-order valence-corrected chi connectivity index (χ2v) is 7.32. The van der Waals surface area contributed by atoms with E-state index in [1.807, 2.05) is 6.07 Å². The summed E-state index contributed by atoms with van der Waals surface area (Å²) in [6.45, 7) is 0. The van der Waals surface area contributed by atoms with Crippen molar-refractivity contribution in [1.29, 1.82) is 0 Å². The number of likely N-dealkylation sites (tertiary alicyclic amines) is 1. The molecule has 3 aromatic rings. The Balaban J connectivity index is 1.67. The molecule has 0 bridgehead atoms. The minimum atomic E-state index is -1.09. The van der Waals surface area contributed by atoms with E-state index in [2.05, 4.69) is 4.98 Å². The van der Waals surface area contributed by atoms with Crippen LogP contribution in [0.1, 0.15) is 34.8 Å². The van der Waals surface area contributed by atoms with Crippen molar-refractivity contribution >= 4 is 11.9 Å². The third-order valence-corrected chi connectivity index (χ3v) is 5.58. The molecule has 1 N–H and O–H groups in total. The van der Waals surface area contributed by atoms with Gasteiger partial charge in [0.1, 0.15) is 11.9 Å². The van der Waals surface area contributed by atoms with Gasteiger partial charge in [-0.2, -0.15) is 0 Å². The van der Waals surface area contributed by atoms with Gasteiger partial charge in [-0.1, -0.05) is 30.3 Å². The summed E-state index contributed by atoms with van der Waals surface area (Å²) in [4.78, 5) is 30.6. The van der Waals surface area contributed by atoms with Crippen molar-refractivity contribution in [3.63, 3.8) is 0 Å². The van der Waals surface area contributed by atoms with Gasteiger partial charge in [0.15, 0.2) is 0 Å². The molecule has 0 radical (unpaired) electrons. The number of methoxy groups -OCH3 is 1. The molecule has 2 aromatic carbocycles. The van der Waals surface area contributed by atoms with Crippen LogP contribution in [0.2, 0.25) is 0 Å². The molecule has 31 heavy (non-hydrogen) atoms. The van der Waals surface area contributed by atoms with Crippen molar-refractivity contribution < 1.29 is 23.8 Å². The summed E-state index contributed by atoms with van der Waals surface area (Å²) in [5.74, 6) is -1.52. The average molecular weight is 420 g/mol. The zero-order chi connectivity index (χ0) is 22.0. The summed E-state index contributed by atoms with van der Waals surface area (Å²) >= 11 is 0. The molecule has 0 spiro atoms. The molecule has 1 amide bonds. The molecule has 0 aliphatic carbocycles. The van der Waals surface area contributed by atoms with E-state index in [4.69, 9.17) is 4.74 Å². The maximum atomic E-state index is 14.4. The molecule has 7 heteroatoms. The molecule has 1 unspecified atom stereocenters. The van der Waals surface area contributed by atoms with Crippen molar-refractivity contribution in [2.45, 2.75) is 24.9 Å². The monoisotopic (exact) mass is 420 g/mol. The largest absolute Gasteiger partial charge is 0.481 e. The van der Waals surface area contributed by atoms with E-state index >= 15 is 0 Å². The van der Waals surface area contributed by atoms with Crippen molar-refractivity contribution in [3.05, 3.63) is 83.8 Å². The number of hydrogen-bond donors (Lipinski definition) is 1. The molecule has 2 heterocycles. The Morgan fingerprint density at radius 2 is 1.81 bits per heavy atom. The molecule has 4 rings (SSSR count). The summed E-state index contributed by atoms with van der Waals surface area (Å²) in [6.07, 6.45) is 2.28. The van der Waals surface area contributed by atoms with Gasteiger partial charge in [0.05, 0.1) is 13.2 Å². The summed E-state index contributed by atoms with van der Waals surface area (Å²) in [7, 11) is 1.53. The van der Waals surface area contributed by atoms with Gasteiger partial charge in [0.25, 0.3) is 5.91 Å². The lowest BCUT2D eigenvalue weighted by Gasteiger charge is -2.29. The average Bonchev–Trinajstić information content (AvgIpc) is 3.24. The highest BCUT2D eigenvalue weighted by atomic mass is 19.1. The molecule has 158 valence electrons. The van der Waals surface area contributed by atoms with Crippen LogP contribution in [0.15, 0.2) is 66.9 Å². The number of halogens is 1. The Kier molecular flexibility index (Phi) is 5.66. The Morgan fingerprint density at radius 3 is 2.48 bits per heavy atom. The van der Waals surface area contributed by atoms with Gasteiger partial charge in [-0.05, 0) is 48.7 Å². The Morgan fingerprint density at radius 1 is 1.06 bits per heavy atom. The number of carbonyl (C=O) groups is 2. The number of aromatic nitrogens is 1. The molecule has 2 atom stereocenters. The topological polar surface area (TPSA) is 79.7 Å². The number of nitrogens with zero attached hydrogens (tertiary/aromatic N) is 2. The first-order chi connectivity index (χ1) is 15.0. The molecule has 1 saturated heterocycles. The lowest BCUT2D eigenvalue weighted by atomic mass is 10.0. The fraction of sp³-hybridized carbons (Fsp3) is 0.208. The predicted octanol–water partition coefficient (Wildman–Crippen LogP) is 4.33. The van der Waals surface area contributed by atoms with Gasteiger partial charge in [0, 0.05) is 22.9 Å². The van der Waals surface area contributed by atoms with E-state index in [-0.39, 0.29) is 6.42 Å². The second-order valence-electron chi connectivity index (χ2n) is 7.32. The molecule has 6 nitrogen and oxygen atoms in total. The highest BCUT2D eigenvalue weighted by Crippen LogP contribution is 2.38. The van der Waals surface area contributed by atoms with Crippen LogP contribution in [-0.4, -0.2) is 40.0 Å². The van der Waals surface area contributed by atoms with Gasteiger partial charge in [-0.15, -0.1) is 0 Å². The van der Waals surface area contributed by atoms with E-state index in [1.54, 1.807) is 54.7 Å². The minimum absolute atomic E-state index is 0.269. The maximum absolute atomic E-state index is 14.4. The van der Waals surface area contributed by atoms with Crippen LogP contribution in [-0.2, 0) is 4.79 Å². The smallest absolute Gasteiger partial charge is 0.326 e. The van der Waals surface area contributed by atoms with Crippen LogP contribution in [0.4, 0.5) is 4.39 Å². The maximum Gasteiger partial charge on any atom is 0.326 e. The van der Waals surface area contributed by atoms with Crippen LogP contribution in [0.3, 0.4) is 0 Å². The number of carboxylic acid groups (broad SMARTS) is 1. The van der Waals surface area contributed by atoms with Crippen molar-refractivity contribution in [2.75, 3.05) is 7.11 Å². The van der Waals surface area contributed by atoms with Gasteiger partial charge < -0.3 is 14.7 Å². The number of rotatable bonds is 5. The first-order valence-corrected chi connectivity index (χ1v) is 9.90. The third-order valence-electron chi connectivity index (χ3n) is 5.58. The van der Waals surface area contributed by atoms with E-state index in [0.29, 0.717) is 23.4 Å². The van der Waals surface area contributed by atoms with Crippen LogP contribution < -0.4 is 4.74 Å². The molecule has 1 aliphatic rings. The first-order valence-electron chi connectivity index (χ1n) is 9.90. The number of aliphatic carboxylic acids is 1. The van der Waals surface area contributed by atoms with E-state index < -0.39 is 29.8 Å². The summed E-state index contributed by atoms with van der Waals surface area (Å²) in [6, 6.07) is 15.0.